The van der Waals surface area contributed by atoms with Crippen molar-refractivity contribution in [2.75, 3.05) is 18.6 Å². The summed E-state index contributed by atoms with van der Waals surface area (Å²) in [6, 6.07) is 6.42. The Kier molecular flexibility index (Phi) is 6.87. The number of halogens is 1. The Morgan fingerprint density at radius 3 is 2.73 bits per heavy atom. The molecule has 3 heterocycles. The summed E-state index contributed by atoms with van der Waals surface area (Å²) in [6.45, 7) is 0.0305. The number of thioether (sulfide) groups is 2. The summed E-state index contributed by atoms with van der Waals surface area (Å²) in [4.78, 5) is 31.5. The second kappa shape index (κ2) is 9.66. The number of hydrogen-bond acceptors (Lipinski definition) is 7. The van der Waals surface area contributed by atoms with Gasteiger partial charge in [0.1, 0.15) is 5.84 Å². The van der Waals surface area contributed by atoms with Crippen LogP contribution in [-0.2, 0) is 11.3 Å². The molecule has 1 fully saturated rings. The van der Waals surface area contributed by atoms with E-state index in [0.29, 0.717) is 18.0 Å². The third-order valence-electron chi connectivity index (χ3n) is 5.41. The number of nitrogens with two attached hydrogens (primary N) is 1. The first-order valence-corrected chi connectivity index (χ1v) is 12.4. The Labute approximate surface area is 204 Å². The maximum atomic E-state index is 12.6. The highest BCUT2D eigenvalue weighted by Gasteiger charge is 2.43. The number of Topliss-reactive ketones (excluding diaryl/α,β-unsaturated/α-hetero) is 1. The maximum Gasteiger partial charge on any atom is 0.231 e. The fourth-order valence-corrected chi connectivity index (χ4v) is 6.13. The van der Waals surface area contributed by atoms with Crippen LogP contribution in [0, 0.1) is 0 Å². The highest BCUT2D eigenvalue weighted by molar-refractivity contribution is 8.01. The van der Waals surface area contributed by atoms with Crippen molar-refractivity contribution in [2.45, 2.75) is 23.2 Å². The standard InChI is InChI=1S/C22H21ClN4O4S2/c1-25-22(24)20-12(11-33-18-8-17(30)27(18)20)10-32-13-4-6-26(7-5-13)9-16(29)14-2-3-15(28)21(31)19(14)23/h2-7,18H,8-11H2,1H3,(H3-,24,25,28,29,31)/p+1/t18-/m1/s1. The molecule has 0 bridgehead atoms. The summed E-state index contributed by atoms with van der Waals surface area (Å²) in [5.74, 6) is 0.749. The number of amidine groups is 1. The third kappa shape index (κ3) is 4.68. The number of rotatable bonds is 7. The molecule has 4 N–H and O–H groups in total. The Morgan fingerprint density at radius 1 is 1.33 bits per heavy atom. The number of carbonyl (C=O) groups excluding carboxylic acids is 2. The lowest BCUT2D eigenvalue weighted by Gasteiger charge is -2.45. The second-order valence-corrected chi connectivity index (χ2v) is 10.1. The summed E-state index contributed by atoms with van der Waals surface area (Å²) in [5, 5.41) is 19.2. The molecule has 0 radical (unpaired) electrons. The van der Waals surface area contributed by atoms with Crippen molar-refractivity contribution in [3.8, 4) is 11.5 Å². The molecule has 11 heteroatoms. The molecule has 8 nitrogen and oxygen atoms in total. The van der Waals surface area contributed by atoms with Crippen molar-refractivity contribution in [3.63, 3.8) is 0 Å². The number of hydrogen-bond donors (Lipinski definition) is 3. The van der Waals surface area contributed by atoms with Crippen LogP contribution in [0.3, 0.4) is 0 Å². The Balaban J connectivity index is 1.43. The largest absolute Gasteiger partial charge is 0.504 e. The Morgan fingerprint density at radius 2 is 2.06 bits per heavy atom. The third-order valence-corrected chi connectivity index (χ3v) is 8.17. The van der Waals surface area contributed by atoms with Gasteiger partial charge in [0.15, 0.2) is 23.9 Å². The van der Waals surface area contributed by atoms with Crippen molar-refractivity contribution in [1.82, 2.24) is 4.90 Å². The molecular formula is C22H22ClN4O4S2+. The van der Waals surface area contributed by atoms with Crippen molar-refractivity contribution < 1.29 is 24.4 Å². The SMILES string of the molecule is CN=C(N)C1=C(CSc2cc[n+](CC(=O)c3ccc(O)c(O)c3Cl)cc2)CS[C@@H]2CC(=O)N12. The van der Waals surface area contributed by atoms with Crippen LogP contribution in [0.25, 0.3) is 0 Å². The van der Waals surface area contributed by atoms with Gasteiger partial charge in [-0.3, -0.25) is 19.5 Å². The minimum absolute atomic E-state index is 0.0305. The van der Waals surface area contributed by atoms with Gasteiger partial charge in [-0.1, -0.05) is 11.6 Å². The lowest BCUT2D eigenvalue weighted by Crippen LogP contribution is -2.55. The molecule has 1 aromatic carbocycles. The van der Waals surface area contributed by atoms with E-state index >= 15 is 0 Å². The number of aliphatic imine (C=N–C) groups is 1. The molecular weight excluding hydrogens is 484 g/mol. The van der Waals surface area contributed by atoms with Gasteiger partial charge in [0.05, 0.1) is 22.5 Å². The van der Waals surface area contributed by atoms with Crippen LogP contribution in [-0.4, -0.2) is 56.6 Å². The number of benzene rings is 1. The quantitative estimate of drug-likeness (QED) is 0.101. The summed E-state index contributed by atoms with van der Waals surface area (Å²) < 4.78 is 1.71. The first-order valence-electron chi connectivity index (χ1n) is 10.0. The minimum atomic E-state index is -0.506. The number of nitrogens with zero attached hydrogens (tertiary/aromatic N) is 3. The molecule has 0 aliphatic carbocycles. The van der Waals surface area contributed by atoms with E-state index < -0.39 is 5.75 Å². The average Bonchev–Trinajstić information content (AvgIpc) is 2.81. The number of aromatic hydroxyl groups is 2. The van der Waals surface area contributed by atoms with Crippen LogP contribution < -0.4 is 10.3 Å². The predicted octanol–water partition coefficient (Wildman–Crippen LogP) is 2.56. The molecule has 0 spiro atoms. The average molecular weight is 506 g/mol. The zero-order valence-electron chi connectivity index (χ0n) is 17.7. The van der Waals surface area contributed by atoms with Gasteiger partial charge in [-0.05, 0) is 17.7 Å². The van der Waals surface area contributed by atoms with Gasteiger partial charge < -0.3 is 15.9 Å². The predicted molar refractivity (Wildman–Crippen MR) is 129 cm³/mol. The highest BCUT2D eigenvalue weighted by atomic mass is 35.5. The molecule has 0 unspecified atom stereocenters. The number of phenols is 2. The van der Waals surface area contributed by atoms with E-state index in [9.17, 15) is 19.8 Å². The van der Waals surface area contributed by atoms with Crippen LogP contribution in [0.4, 0.5) is 0 Å². The fraction of sp³-hybridized carbons (Fsp3) is 0.273. The topological polar surface area (TPSA) is 120 Å². The highest BCUT2D eigenvalue weighted by Crippen LogP contribution is 2.41. The van der Waals surface area contributed by atoms with E-state index in [1.807, 2.05) is 12.1 Å². The first-order chi connectivity index (χ1) is 15.8. The van der Waals surface area contributed by atoms with Crippen molar-refractivity contribution in [2.24, 2.45) is 10.7 Å². The summed E-state index contributed by atoms with van der Waals surface area (Å²) in [7, 11) is 1.62. The molecule has 2 aliphatic rings. The summed E-state index contributed by atoms with van der Waals surface area (Å²) >= 11 is 9.34. The summed E-state index contributed by atoms with van der Waals surface area (Å²) in [5.41, 5.74) is 8.06. The van der Waals surface area contributed by atoms with Crippen molar-refractivity contribution in [1.29, 1.82) is 0 Å². The minimum Gasteiger partial charge on any atom is -0.504 e. The van der Waals surface area contributed by atoms with Gasteiger partial charge in [0.25, 0.3) is 0 Å². The molecule has 33 heavy (non-hydrogen) atoms. The monoisotopic (exact) mass is 505 g/mol. The zero-order chi connectivity index (χ0) is 23.7. The van der Waals surface area contributed by atoms with E-state index in [1.54, 1.807) is 52.4 Å². The van der Waals surface area contributed by atoms with Gasteiger partial charge in [0.2, 0.25) is 18.2 Å². The first kappa shape index (κ1) is 23.5. The van der Waals surface area contributed by atoms with E-state index in [2.05, 4.69) is 4.99 Å². The van der Waals surface area contributed by atoms with Crippen LogP contribution in [0.1, 0.15) is 16.8 Å². The maximum absolute atomic E-state index is 12.6. The van der Waals surface area contributed by atoms with Crippen molar-refractivity contribution >= 4 is 52.7 Å². The number of pyridine rings is 1. The molecule has 2 aromatic rings. The molecule has 1 amide bonds. The molecule has 1 saturated heterocycles. The van der Waals surface area contributed by atoms with Gasteiger partial charge in [-0.25, -0.2) is 0 Å². The smallest absolute Gasteiger partial charge is 0.231 e. The van der Waals surface area contributed by atoms with Gasteiger partial charge in [0, 0.05) is 41.1 Å². The van der Waals surface area contributed by atoms with E-state index in [4.69, 9.17) is 17.3 Å². The Hall–Kier alpha value is -2.69. The molecule has 2 aliphatic heterocycles. The second-order valence-electron chi connectivity index (χ2n) is 7.51. The molecule has 4 rings (SSSR count). The lowest BCUT2D eigenvalue weighted by atomic mass is 10.1. The number of ketones is 1. The van der Waals surface area contributed by atoms with Crippen LogP contribution in [0.2, 0.25) is 5.02 Å². The zero-order valence-corrected chi connectivity index (χ0v) is 20.1. The number of aromatic nitrogens is 1. The van der Waals surface area contributed by atoms with Crippen LogP contribution in [0.5, 0.6) is 11.5 Å². The number of β-lactam (4-membered cyclic amide) rings is 1. The van der Waals surface area contributed by atoms with Crippen LogP contribution in [0.15, 0.2) is 57.8 Å². The lowest BCUT2D eigenvalue weighted by molar-refractivity contribution is -0.683. The summed E-state index contributed by atoms with van der Waals surface area (Å²) in [6.07, 6.45) is 4.12. The molecule has 0 saturated carbocycles. The fourth-order valence-electron chi connectivity index (χ4n) is 3.58. The van der Waals surface area contributed by atoms with E-state index in [0.717, 1.165) is 21.9 Å². The number of amides is 1. The van der Waals surface area contributed by atoms with Gasteiger partial charge in [-0.15, -0.1) is 23.5 Å². The molecule has 172 valence electrons. The number of carbonyl (C=O) groups is 2. The van der Waals surface area contributed by atoms with Gasteiger partial charge >= 0.3 is 0 Å². The van der Waals surface area contributed by atoms with E-state index in [-0.39, 0.29) is 39.9 Å². The number of phenolic OH excluding ortho intramolecular Hbond substituents is 2. The van der Waals surface area contributed by atoms with E-state index in [1.165, 1.54) is 12.1 Å². The number of fused-ring (bicyclic) bond motifs is 1. The van der Waals surface area contributed by atoms with Crippen molar-refractivity contribution in [3.05, 3.63) is 58.5 Å². The normalized spacial score (nSPS) is 18.2. The van der Waals surface area contributed by atoms with Gasteiger partial charge in [-0.2, -0.15) is 4.57 Å². The van der Waals surface area contributed by atoms with Crippen LogP contribution >= 0.6 is 35.1 Å². The Bertz CT molecular complexity index is 1180. The molecule has 1 atom stereocenters. The molecule has 1 aromatic heterocycles.